The monoisotopic (exact) mass is 532 g/mol. The Kier molecular flexibility index (Phi) is 8.91. The number of amides is 1. The molecule has 0 atom stereocenters. The average Bonchev–Trinajstić information content (AvgIpc) is 3.29. The first-order valence-corrected chi connectivity index (χ1v) is 13.3. The maximum absolute atomic E-state index is 13.1. The van der Waals surface area contributed by atoms with Gasteiger partial charge in [-0.15, -0.1) is 0 Å². The van der Waals surface area contributed by atoms with Gasteiger partial charge in [0.1, 0.15) is 28.5 Å². The van der Waals surface area contributed by atoms with Gasteiger partial charge < -0.3 is 19.2 Å². The number of pyridine rings is 2. The molecule has 1 fully saturated rings. The third-order valence-corrected chi connectivity index (χ3v) is 6.72. The highest BCUT2D eigenvalue weighted by atomic mass is 19.4. The maximum atomic E-state index is 13.1. The number of unbranched alkanes of at least 4 members (excludes halogenated alkanes) is 1. The summed E-state index contributed by atoms with van der Waals surface area (Å²) in [5, 5.41) is 2.67. The van der Waals surface area contributed by atoms with Crippen molar-refractivity contribution in [3.63, 3.8) is 0 Å². The summed E-state index contributed by atoms with van der Waals surface area (Å²) in [5.41, 5.74) is 0.523. The first-order chi connectivity index (χ1) is 18.1. The minimum absolute atomic E-state index is 0.191. The minimum atomic E-state index is -4.64. The molecular formula is C28H35F3N4O3. The van der Waals surface area contributed by atoms with Crippen molar-refractivity contribution in [1.82, 2.24) is 14.4 Å². The number of ether oxygens (including phenoxy) is 2. The first kappa shape index (κ1) is 27.9. The lowest BCUT2D eigenvalue weighted by atomic mass is 9.81. The quantitative estimate of drug-likeness (QED) is 0.288. The Morgan fingerprint density at radius 3 is 2.61 bits per heavy atom. The van der Waals surface area contributed by atoms with Crippen LogP contribution in [0.15, 0.2) is 36.7 Å². The van der Waals surface area contributed by atoms with Gasteiger partial charge in [-0.2, -0.15) is 13.2 Å². The average molecular weight is 533 g/mol. The lowest BCUT2D eigenvalue weighted by molar-refractivity contribution is -0.141. The van der Waals surface area contributed by atoms with Gasteiger partial charge in [-0.1, -0.05) is 19.4 Å². The standard InChI is InChI=1S/C28H35F3N4O3/c1-4-5-13-37-17-19-9-11-20(12-10-19)22-15-35-16-23(24(38-18(2)3)14-26(35)33-22)34-27(36)21-7-6-8-25(32-21)28(29,30)31/h6-8,14-16,18-20H,4-5,9-13,17H2,1-3H3,(H,34,36). The Morgan fingerprint density at radius 1 is 1.16 bits per heavy atom. The summed E-state index contributed by atoms with van der Waals surface area (Å²) in [6.07, 6.45) is 5.29. The first-order valence-electron chi connectivity index (χ1n) is 13.3. The number of fused-ring (bicyclic) bond motifs is 1. The number of hydrogen-bond donors (Lipinski definition) is 1. The zero-order valence-electron chi connectivity index (χ0n) is 22.1. The zero-order chi connectivity index (χ0) is 27.3. The molecule has 3 aromatic rings. The molecule has 7 nitrogen and oxygen atoms in total. The Morgan fingerprint density at radius 2 is 1.92 bits per heavy atom. The maximum Gasteiger partial charge on any atom is 0.433 e. The van der Waals surface area contributed by atoms with Crippen LogP contribution >= 0.6 is 0 Å². The fraction of sp³-hybridized carbons (Fsp3) is 0.536. The lowest BCUT2D eigenvalue weighted by Gasteiger charge is -2.27. The normalized spacial score (nSPS) is 18.2. The van der Waals surface area contributed by atoms with E-state index in [1.165, 1.54) is 6.07 Å². The molecule has 0 saturated heterocycles. The van der Waals surface area contributed by atoms with E-state index >= 15 is 0 Å². The molecule has 206 valence electrons. The van der Waals surface area contributed by atoms with Crippen molar-refractivity contribution in [1.29, 1.82) is 0 Å². The second-order valence-corrected chi connectivity index (χ2v) is 10.2. The Labute approximate surface area is 220 Å². The van der Waals surface area contributed by atoms with E-state index in [9.17, 15) is 18.0 Å². The molecule has 1 aliphatic rings. The van der Waals surface area contributed by atoms with E-state index in [-0.39, 0.29) is 11.8 Å². The number of carbonyl (C=O) groups is 1. The molecule has 0 unspecified atom stereocenters. The lowest BCUT2D eigenvalue weighted by Crippen LogP contribution is -2.18. The number of nitrogens with one attached hydrogen (secondary N) is 1. The van der Waals surface area contributed by atoms with Crippen LogP contribution in [0.1, 0.15) is 87.1 Å². The molecule has 1 amide bonds. The number of alkyl halides is 3. The summed E-state index contributed by atoms with van der Waals surface area (Å²) >= 11 is 0. The number of halogens is 3. The van der Waals surface area contributed by atoms with Crippen LogP contribution in [-0.2, 0) is 10.9 Å². The smallest absolute Gasteiger partial charge is 0.433 e. The van der Waals surface area contributed by atoms with Gasteiger partial charge in [-0.3, -0.25) is 4.79 Å². The van der Waals surface area contributed by atoms with Crippen LogP contribution in [0, 0.1) is 5.92 Å². The van der Waals surface area contributed by atoms with E-state index in [0.717, 1.165) is 69.6 Å². The van der Waals surface area contributed by atoms with E-state index in [2.05, 4.69) is 17.2 Å². The number of aromatic nitrogens is 3. The molecule has 3 aromatic heterocycles. The second kappa shape index (κ2) is 12.1. The third kappa shape index (κ3) is 7.03. The highest BCUT2D eigenvalue weighted by Crippen LogP contribution is 2.37. The molecule has 0 radical (unpaired) electrons. The highest BCUT2D eigenvalue weighted by molar-refractivity contribution is 6.03. The highest BCUT2D eigenvalue weighted by Gasteiger charge is 2.33. The van der Waals surface area contributed by atoms with Gasteiger partial charge in [0.05, 0.1) is 11.8 Å². The van der Waals surface area contributed by atoms with Crippen LogP contribution in [0.3, 0.4) is 0 Å². The number of rotatable bonds is 10. The van der Waals surface area contributed by atoms with E-state index in [1.54, 1.807) is 12.3 Å². The van der Waals surface area contributed by atoms with E-state index in [1.807, 2.05) is 24.4 Å². The zero-order valence-corrected chi connectivity index (χ0v) is 22.1. The minimum Gasteiger partial charge on any atom is -0.489 e. The molecule has 0 aliphatic heterocycles. The van der Waals surface area contributed by atoms with E-state index in [0.29, 0.717) is 28.9 Å². The largest absolute Gasteiger partial charge is 0.489 e. The number of nitrogens with zero attached hydrogens (tertiary/aromatic N) is 3. The Balaban J connectivity index is 1.51. The number of hydrogen-bond acceptors (Lipinski definition) is 5. The summed E-state index contributed by atoms with van der Waals surface area (Å²) in [4.78, 5) is 21.2. The van der Waals surface area contributed by atoms with Crippen LogP contribution < -0.4 is 10.1 Å². The summed E-state index contributed by atoms with van der Waals surface area (Å²) < 4.78 is 52.8. The van der Waals surface area contributed by atoms with Crippen LogP contribution in [0.25, 0.3) is 5.65 Å². The molecule has 0 bridgehead atoms. The molecule has 1 N–H and O–H groups in total. The number of carbonyl (C=O) groups excluding carboxylic acids is 1. The topological polar surface area (TPSA) is 77.8 Å². The summed E-state index contributed by atoms with van der Waals surface area (Å²) in [5.74, 6) is 0.544. The molecule has 38 heavy (non-hydrogen) atoms. The SMILES string of the molecule is CCCCOCC1CCC(c2cn3cc(NC(=O)c4cccc(C(F)(F)F)n4)c(OC(C)C)cc3n2)CC1. The van der Waals surface area contributed by atoms with Gasteiger partial charge in [0, 0.05) is 37.6 Å². The predicted molar refractivity (Wildman–Crippen MR) is 139 cm³/mol. The van der Waals surface area contributed by atoms with Crippen molar-refractivity contribution < 1.29 is 27.4 Å². The molecule has 4 rings (SSSR count). The predicted octanol–water partition coefficient (Wildman–Crippen LogP) is 6.88. The van der Waals surface area contributed by atoms with Gasteiger partial charge in [-0.05, 0) is 64.0 Å². The summed E-state index contributed by atoms with van der Waals surface area (Å²) in [6, 6.07) is 4.97. The molecule has 1 saturated carbocycles. The van der Waals surface area contributed by atoms with Crippen molar-refractivity contribution in [3.8, 4) is 5.75 Å². The summed E-state index contributed by atoms with van der Waals surface area (Å²) in [7, 11) is 0. The number of anilines is 1. The Hall–Kier alpha value is -3.14. The fourth-order valence-corrected chi connectivity index (χ4v) is 4.70. The van der Waals surface area contributed by atoms with Crippen molar-refractivity contribution in [2.75, 3.05) is 18.5 Å². The molecule has 3 heterocycles. The van der Waals surface area contributed by atoms with E-state index < -0.39 is 17.8 Å². The van der Waals surface area contributed by atoms with Gasteiger partial charge in [-0.25, -0.2) is 9.97 Å². The van der Waals surface area contributed by atoms with Crippen LogP contribution in [0.2, 0.25) is 0 Å². The molecular weight excluding hydrogens is 497 g/mol. The number of imidazole rings is 1. The molecule has 1 aliphatic carbocycles. The van der Waals surface area contributed by atoms with Crippen molar-refractivity contribution in [2.24, 2.45) is 5.92 Å². The third-order valence-electron chi connectivity index (χ3n) is 6.72. The van der Waals surface area contributed by atoms with Crippen molar-refractivity contribution in [2.45, 2.75) is 77.5 Å². The summed E-state index contributed by atoms with van der Waals surface area (Å²) in [6.45, 7) is 7.51. The fourth-order valence-electron chi connectivity index (χ4n) is 4.70. The van der Waals surface area contributed by atoms with Crippen LogP contribution in [0.4, 0.5) is 18.9 Å². The van der Waals surface area contributed by atoms with Gasteiger partial charge in [0.25, 0.3) is 5.91 Å². The van der Waals surface area contributed by atoms with E-state index in [4.69, 9.17) is 14.5 Å². The Bertz CT molecular complexity index is 1230. The van der Waals surface area contributed by atoms with Crippen molar-refractivity contribution >= 4 is 17.2 Å². The molecule has 10 heteroatoms. The van der Waals surface area contributed by atoms with Gasteiger partial charge in [0.15, 0.2) is 0 Å². The van der Waals surface area contributed by atoms with Gasteiger partial charge in [0.2, 0.25) is 0 Å². The molecule has 0 spiro atoms. The van der Waals surface area contributed by atoms with Crippen molar-refractivity contribution in [3.05, 3.63) is 53.7 Å². The molecule has 0 aromatic carbocycles. The second-order valence-electron chi connectivity index (χ2n) is 10.2. The van der Waals surface area contributed by atoms with Crippen LogP contribution in [0.5, 0.6) is 5.75 Å². The van der Waals surface area contributed by atoms with Gasteiger partial charge >= 0.3 is 6.18 Å². The van der Waals surface area contributed by atoms with Crippen LogP contribution in [-0.4, -0.2) is 39.6 Å².